The largest absolute Gasteiger partial charge is 0.412 e. The lowest BCUT2D eigenvalue weighted by Gasteiger charge is -2.28. The van der Waals surface area contributed by atoms with Gasteiger partial charge in [-0.3, -0.25) is 4.90 Å². The van der Waals surface area contributed by atoms with Gasteiger partial charge in [0.2, 0.25) is 0 Å². The number of nitrogens with one attached hydrogen (secondary N) is 1. The van der Waals surface area contributed by atoms with Crippen LogP contribution in [0.4, 0.5) is 13.2 Å². The van der Waals surface area contributed by atoms with Crippen LogP contribution in [0.15, 0.2) is 11.6 Å². The van der Waals surface area contributed by atoms with Gasteiger partial charge in [0, 0.05) is 25.2 Å². The Morgan fingerprint density at radius 3 is 2.63 bits per heavy atom. The minimum absolute atomic E-state index is 0.0941. The van der Waals surface area contributed by atoms with Crippen molar-refractivity contribution in [2.75, 3.05) is 39.3 Å². The Morgan fingerprint density at radius 2 is 2.05 bits per heavy atom. The molecule has 0 spiro atoms. The Kier molecular flexibility index (Phi) is 5.24. The topological polar surface area (TPSA) is 24.5 Å². The maximum atomic E-state index is 12.4. The SMILES string of the molecule is FC(F)(F)C1=CCN(CCOC2CCNCC2)CC1. The number of ether oxygens (including phenoxy) is 1. The first-order chi connectivity index (χ1) is 9.05. The van der Waals surface area contributed by atoms with Gasteiger partial charge in [-0.2, -0.15) is 13.2 Å². The van der Waals surface area contributed by atoms with Crippen LogP contribution in [0.5, 0.6) is 0 Å². The number of nitrogens with zero attached hydrogens (tertiary/aromatic N) is 1. The molecule has 0 aromatic rings. The Labute approximate surface area is 111 Å². The summed E-state index contributed by atoms with van der Waals surface area (Å²) in [5.41, 5.74) is -0.386. The summed E-state index contributed by atoms with van der Waals surface area (Å²) in [7, 11) is 0. The van der Waals surface area contributed by atoms with Crippen molar-refractivity contribution in [2.24, 2.45) is 0 Å². The van der Waals surface area contributed by atoms with E-state index in [1.807, 2.05) is 4.90 Å². The van der Waals surface area contributed by atoms with E-state index in [0.29, 0.717) is 32.3 Å². The molecule has 0 aliphatic carbocycles. The molecule has 6 heteroatoms. The second-order valence-corrected chi connectivity index (χ2v) is 5.10. The molecule has 19 heavy (non-hydrogen) atoms. The molecule has 2 aliphatic heterocycles. The Bertz CT molecular complexity index is 312. The summed E-state index contributed by atoms with van der Waals surface area (Å²) in [5, 5.41) is 3.27. The van der Waals surface area contributed by atoms with E-state index in [1.165, 1.54) is 6.08 Å². The third kappa shape index (κ3) is 4.78. The van der Waals surface area contributed by atoms with Crippen LogP contribution in [0.3, 0.4) is 0 Å². The molecule has 0 atom stereocenters. The quantitative estimate of drug-likeness (QED) is 0.796. The maximum absolute atomic E-state index is 12.4. The van der Waals surface area contributed by atoms with Crippen LogP contribution in [0.25, 0.3) is 0 Å². The summed E-state index contributed by atoms with van der Waals surface area (Å²) in [5.74, 6) is 0. The van der Waals surface area contributed by atoms with E-state index in [4.69, 9.17) is 4.74 Å². The van der Waals surface area contributed by atoms with Crippen molar-refractivity contribution >= 4 is 0 Å². The zero-order chi connectivity index (χ0) is 13.7. The second-order valence-electron chi connectivity index (χ2n) is 5.10. The Balaban J connectivity index is 1.64. The lowest BCUT2D eigenvalue weighted by molar-refractivity contribution is -0.0962. The van der Waals surface area contributed by atoms with Gasteiger partial charge in [-0.1, -0.05) is 6.08 Å². The average Bonchev–Trinajstić information content (AvgIpc) is 2.39. The van der Waals surface area contributed by atoms with E-state index in [0.717, 1.165) is 25.9 Å². The molecule has 2 aliphatic rings. The molecule has 110 valence electrons. The fourth-order valence-electron chi connectivity index (χ4n) is 2.48. The van der Waals surface area contributed by atoms with Gasteiger partial charge >= 0.3 is 6.18 Å². The molecule has 0 unspecified atom stereocenters. The Morgan fingerprint density at radius 1 is 1.32 bits per heavy atom. The van der Waals surface area contributed by atoms with Gasteiger partial charge < -0.3 is 10.1 Å². The van der Waals surface area contributed by atoms with E-state index in [2.05, 4.69) is 5.32 Å². The standard InChI is InChI=1S/C13H21F3N2O/c14-13(15,16)11-3-7-18(8-4-11)9-10-19-12-1-5-17-6-2-12/h3,12,17H,1-2,4-10H2. The molecule has 3 nitrogen and oxygen atoms in total. The molecule has 2 heterocycles. The fraction of sp³-hybridized carbons (Fsp3) is 0.846. The molecule has 1 saturated heterocycles. The van der Waals surface area contributed by atoms with Crippen LogP contribution in [0.2, 0.25) is 0 Å². The van der Waals surface area contributed by atoms with Crippen molar-refractivity contribution in [2.45, 2.75) is 31.5 Å². The Hall–Kier alpha value is -0.590. The van der Waals surface area contributed by atoms with Crippen molar-refractivity contribution in [3.8, 4) is 0 Å². The zero-order valence-corrected chi connectivity index (χ0v) is 11.0. The van der Waals surface area contributed by atoms with Crippen LogP contribution < -0.4 is 5.32 Å². The highest BCUT2D eigenvalue weighted by Gasteiger charge is 2.34. The minimum Gasteiger partial charge on any atom is -0.377 e. The zero-order valence-electron chi connectivity index (χ0n) is 11.0. The normalized spacial score (nSPS) is 23.4. The van der Waals surface area contributed by atoms with Gasteiger partial charge in [0.15, 0.2) is 0 Å². The van der Waals surface area contributed by atoms with Crippen molar-refractivity contribution in [3.05, 3.63) is 11.6 Å². The van der Waals surface area contributed by atoms with Crippen LogP contribution in [-0.4, -0.2) is 56.5 Å². The number of alkyl halides is 3. The van der Waals surface area contributed by atoms with Gasteiger partial charge in [-0.15, -0.1) is 0 Å². The van der Waals surface area contributed by atoms with E-state index >= 15 is 0 Å². The number of hydrogen-bond acceptors (Lipinski definition) is 3. The highest BCUT2D eigenvalue weighted by molar-refractivity contribution is 5.12. The van der Waals surface area contributed by atoms with Crippen LogP contribution in [0, 0.1) is 0 Å². The highest BCUT2D eigenvalue weighted by atomic mass is 19.4. The third-order valence-electron chi connectivity index (χ3n) is 3.70. The van der Waals surface area contributed by atoms with Crippen molar-refractivity contribution in [3.63, 3.8) is 0 Å². The number of halogens is 3. The summed E-state index contributed by atoms with van der Waals surface area (Å²) >= 11 is 0. The smallest absolute Gasteiger partial charge is 0.377 e. The molecule has 0 aromatic carbocycles. The van der Waals surface area contributed by atoms with Crippen molar-refractivity contribution in [1.29, 1.82) is 0 Å². The highest BCUT2D eigenvalue weighted by Crippen LogP contribution is 2.29. The molecular formula is C13H21F3N2O. The van der Waals surface area contributed by atoms with Crippen LogP contribution in [-0.2, 0) is 4.74 Å². The molecule has 2 rings (SSSR count). The number of rotatable bonds is 4. The van der Waals surface area contributed by atoms with Gasteiger partial charge in [0.25, 0.3) is 0 Å². The van der Waals surface area contributed by atoms with Crippen LogP contribution >= 0.6 is 0 Å². The van der Waals surface area contributed by atoms with Gasteiger partial charge in [-0.25, -0.2) is 0 Å². The molecule has 0 amide bonds. The minimum atomic E-state index is -4.16. The number of piperidine rings is 1. The molecular weight excluding hydrogens is 257 g/mol. The fourth-order valence-corrected chi connectivity index (χ4v) is 2.48. The molecule has 1 fully saturated rings. The molecule has 0 saturated carbocycles. The molecule has 0 aromatic heterocycles. The second kappa shape index (κ2) is 6.72. The third-order valence-corrected chi connectivity index (χ3v) is 3.70. The van der Waals surface area contributed by atoms with E-state index in [9.17, 15) is 13.2 Å². The first kappa shape index (κ1) is 14.8. The molecule has 0 radical (unpaired) electrons. The predicted octanol–water partition coefficient (Wildman–Crippen LogP) is 1.95. The predicted molar refractivity (Wildman–Crippen MR) is 67.0 cm³/mol. The summed E-state index contributed by atoms with van der Waals surface area (Å²) in [6.07, 6.45) is -0.397. The van der Waals surface area contributed by atoms with Crippen molar-refractivity contribution < 1.29 is 17.9 Å². The molecule has 1 N–H and O–H groups in total. The van der Waals surface area contributed by atoms with Crippen LogP contribution in [0.1, 0.15) is 19.3 Å². The van der Waals surface area contributed by atoms with Gasteiger partial charge in [0.05, 0.1) is 12.7 Å². The monoisotopic (exact) mass is 278 g/mol. The van der Waals surface area contributed by atoms with Gasteiger partial charge in [-0.05, 0) is 32.4 Å². The molecule has 0 bridgehead atoms. The summed E-state index contributed by atoms with van der Waals surface area (Å²) < 4.78 is 43.1. The van der Waals surface area contributed by atoms with Crippen molar-refractivity contribution in [1.82, 2.24) is 10.2 Å². The summed E-state index contributed by atoms with van der Waals surface area (Å²) in [6.45, 7) is 4.16. The van der Waals surface area contributed by atoms with E-state index in [-0.39, 0.29) is 12.0 Å². The first-order valence-electron chi connectivity index (χ1n) is 6.86. The maximum Gasteiger partial charge on any atom is 0.412 e. The summed E-state index contributed by atoms with van der Waals surface area (Å²) in [4.78, 5) is 2.01. The lowest BCUT2D eigenvalue weighted by atomic mass is 10.1. The first-order valence-corrected chi connectivity index (χ1v) is 6.86. The van der Waals surface area contributed by atoms with E-state index < -0.39 is 6.18 Å². The number of hydrogen-bond donors (Lipinski definition) is 1. The van der Waals surface area contributed by atoms with E-state index in [1.54, 1.807) is 0 Å². The lowest BCUT2D eigenvalue weighted by Crippen LogP contribution is -2.37. The van der Waals surface area contributed by atoms with Gasteiger partial charge in [0.1, 0.15) is 0 Å². The summed E-state index contributed by atoms with van der Waals surface area (Å²) in [6, 6.07) is 0. The average molecular weight is 278 g/mol.